The van der Waals surface area contributed by atoms with Gasteiger partial charge in [-0.1, -0.05) is 37.3 Å². The lowest BCUT2D eigenvalue weighted by Gasteiger charge is -2.17. The van der Waals surface area contributed by atoms with Crippen molar-refractivity contribution in [3.63, 3.8) is 0 Å². The summed E-state index contributed by atoms with van der Waals surface area (Å²) in [7, 11) is 0. The molecule has 21 heavy (non-hydrogen) atoms. The Hall–Kier alpha value is -2.14. The zero-order chi connectivity index (χ0) is 14.9. The molecule has 0 amide bonds. The Balaban J connectivity index is 1.98. The van der Waals surface area contributed by atoms with E-state index in [0.29, 0.717) is 0 Å². The minimum Gasteiger partial charge on any atom is -0.394 e. The number of hydrogen-bond acceptors (Lipinski definition) is 5. The summed E-state index contributed by atoms with van der Waals surface area (Å²) < 4.78 is 0. The number of aromatic nitrogens is 2. The molecule has 0 bridgehead atoms. The Kier molecular flexibility index (Phi) is 5.97. The van der Waals surface area contributed by atoms with Gasteiger partial charge < -0.3 is 15.7 Å². The lowest BCUT2D eigenvalue weighted by Crippen LogP contribution is -2.27. The first-order valence-corrected chi connectivity index (χ1v) is 7.29. The van der Waals surface area contributed by atoms with Crippen LogP contribution >= 0.6 is 0 Å². The summed E-state index contributed by atoms with van der Waals surface area (Å²) in [6.45, 7) is 3.04. The molecule has 0 radical (unpaired) electrons. The normalized spacial score (nSPS) is 11.9. The van der Waals surface area contributed by atoms with Crippen molar-refractivity contribution in [2.45, 2.75) is 25.8 Å². The number of nitrogens with zero attached hydrogens (tertiary/aromatic N) is 2. The van der Waals surface area contributed by atoms with Crippen LogP contribution in [0.5, 0.6) is 0 Å². The molecule has 0 aliphatic carbocycles. The van der Waals surface area contributed by atoms with E-state index in [1.807, 2.05) is 24.3 Å². The minimum absolute atomic E-state index is 0.0522. The molecule has 0 fully saturated rings. The lowest BCUT2D eigenvalue weighted by molar-refractivity contribution is 0.273. The predicted octanol–water partition coefficient (Wildman–Crippen LogP) is 2.31. The van der Waals surface area contributed by atoms with Gasteiger partial charge in [0.2, 0.25) is 0 Å². The van der Waals surface area contributed by atoms with Crippen molar-refractivity contribution < 1.29 is 5.11 Å². The Morgan fingerprint density at radius 2 is 1.90 bits per heavy atom. The summed E-state index contributed by atoms with van der Waals surface area (Å²) in [5, 5.41) is 16.0. The molecule has 0 saturated carbocycles. The lowest BCUT2D eigenvalue weighted by atomic mass is 10.1. The second-order valence-corrected chi connectivity index (χ2v) is 4.93. The van der Waals surface area contributed by atoms with E-state index in [4.69, 9.17) is 0 Å². The van der Waals surface area contributed by atoms with Crippen LogP contribution in [-0.2, 0) is 6.42 Å². The van der Waals surface area contributed by atoms with Gasteiger partial charge in [0.1, 0.15) is 18.0 Å². The molecule has 112 valence electrons. The molecule has 1 aromatic heterocycles. The largest absolute Gasteiger partial charge is 0.394 e. The number of nitrogens with one attached hydrogen (secondary N) is 2. The van der Waals surface area contributed by atoms with E-state index in [1.54, 1.807) is 0 Å². The van der Waals surface area contributed by atoms with Crippen LogP contribution < -0.4 is 10.6 Å². The molecular weight excluding hydrogens is 264 g/mol. The average Bonchev–Trinajstić information content (AvgIpc) is 2.53. The van der Waals surface area contributed by atoms with Gasteiger partial charge in [0.05, 0.1) is 12.6 Å². The van der Waals surface area contributed by atoms with Gasteiger partial charge in [-0.05, 0) is 18.4 Å². The first-order chi connectivity index (χ1) is 10.3. The molecule has 1 heterocycles. The maximum Gasteiger partial charge on any atom is 0.131 e. The molecule has 0 aliphatic heterocycles. The van der Waals surface area contributed by atoms with Crippen molar-refractivity contribution in [3.8, 4) is 0 Å². The number of rotatable bonds is 8. The van der Waals surface area contributed by atoms with E-state index in [2.05, 4.69) is 39.7 Å². The first kappa shape index (κ1) is 15.3. The molecule has 2 rings (SSSR count). The van der Waals surface area contributed by atoms with Gasteiger partial charge in [-0.25, -0.2) is 9.97 Å². The topological polar surface area (TPSA) is 70.1 Å². The van der Waals surface area contributed by atoms with Crippen LogP contribution in [0.4, 0.5) is 11.6 Å². The fourth-order valence-corrected chi connectivity index (χ4v) is 2.05. The standard InChI is InChI=1S/C16H22N4O/c1-2-8-17-15-10-16(19-12-18-15)20-14(11-21)9-13-6-4-3-5-7-13/h3-7,10,12,14,21H,2,8-9,11H2,1H3,(H2,17,18,19,20). The highest BCUT2D eigenvalue weighted by Gasteiger charge is 2.09. The van der Waals surface area contributed by atoms with Crippen LogP contribution in [0.15, 0.2) is 42.7 Å². The third-order valence-electron chi connectivity index (χ3n) is 3.12. The van der Waals surface area contributed by atoms with Gasteiger partial charge in [0.15, 0.2) is 0 Å². The number of aliphatic hydroxyl groups is 1. The number of hydrogen-bond donors (Lipinski definition) is 3. The smallest absolute Gasteiger partial charge is 0.131 e. The molecule has 0 spiro atoms. The Bertz CT molecular complexity index is 533. The number of aliphatic hydroxyl groups excluding tert-OH is 1. The van der Waals surface area contributed by atoms with E-state index in [1.165, 1.54) is 11.9 Å². The maximum atomic E-state index is 9.54. The quantitative estimate of drug-likeness (QED) is 0.694. The summed E-state index contributed by atoms with van der Waals surface area (Å²) in [6, 6.07) is 11.9. The molecule has 2 aromatic rings. The van der Waals surface area contributed by atoms with Crippen LogP contribution in [0, 0.1) is 0 Å². The summed E-state index contributed by atoms with van der Waals surface area (Å²) in [5.74, 6) is 1.52. The average molecular weight is 286 g/mol. The van der Waals surface area contributed by atoms with Crippen LogP contribution in [0.1, 0.15) is 18.9 Å². The van der Waals surface area contributed by atoms with Gasteiger partial charge in [0, 0.05) is 12.6 Å². The number of benzene rings is 1. The second-order valence-electron chi connectivity index (χ2n) is 4.93. The van der Waals surface area contributed by atoms with Gasteiger partial charge in [-0.15, -0.1) is 0 Å². The summed E-state index contributed by atoms with van der Waals surface area (Å²) in [6.07, 6.45) is 3.32. The molecule has 5 nitrogen and oxygen atoms in total. The molecular formula is C16H22N4O. The molecule has 0 aliphatic rings. The molecule has 5 heteroatoms. The fraction of sp³-hybridized carbons (Fsp3) is 0.375. The van der Waals surface area contributed by atoms with Crippen molar-refractivity contribution in [2.24, 2.45) is 0 Å². The minimum atomic E-state index is -0.0682. The van der Waals surface area contributed by atoms with Gasteiger partial charge in [-0.2, -0.15) is 0 Å². The Labute approximate surface area is 125 Å². The highest BCUT2D eigenvalue weighted by Crippen LogP contribution is 2.12. The fourth-order valence-electron chi connectivity index (χ4n) is 2.05. The van der Waals surface area contributed by atoms with Crippen LogP contribution in [0.2, 0.25) is 0 Å². The van der Waals surface area contributed by atoms with E-state index in [-0.39, 0.29) is 12.6 Å². The van der Waals surface area contributed by atoms with Crippen molar-refractivity contribution in [2.75, 3.05) is 23.8 Å². The van der Waals surface area contributed by atoms with Crippen LogP contribution in [0.3, 0.4) is 0 Å². The van der Waals surface area contributed by atoms with Crippen molar-refractivity contribution in [3.05, 3.63) is 48.3 Å². The van der Waals surface area contributed by atoms with E-state index in [0.717, 1.165) is 31.0 Å². The van der Waals surface area contributed by atoms with E-state index < -0.39 is 0 Å². The zero-order valence-electron chi connectivity index (χ0n) is 12.3. The van der Waals surface area contributed by atoms with Crippen molar-refractivity contribution in [1.82, 2.24) is 9.97 Å². The first-order valence-electron chi connectivity index (χ1n) is 7.29. The van der Waals surface area contributed by atoms with Gasteiger partial charge >= 0.3 is 0 Å². The van der Waals surface area contributed by atoms with Crippen molar-refractivity contribution in [1.29, 1.82) is 0 Å². The SMILES string of the molecule is CCCNc1cc(NC(CO)Cc2ccccc2)ncn1. The highest BCUT2D eigenvalue weighted by atomic mass is 16.3. The monoisotopic (exact) mass is 286 g/mol. The van der Waals surface area contributed by atoms with Gasteiger partial charge in [0.25, 0.3) is 0 Å². The Morgan fingerprint density at radius 1 is 1.14 bits per heavy atom. The van der Waals surface area contributed by atoms with Crippen molar-refractivity contribution >= 4 is 11.6 Å². The van der Waals surface area contributed by atoms with Crippen LogP contribution in [0.25, 0.3) is 0 Å². The van der Waals surface area contributed by atoms with E-state index in [9.17, 15) is 5.11 Å². The number of anilines is 2. The Morgan fingerprint density at radius 3 is 2.62 bits per heavy atom. The van der Waals surface area contributed by atoms with Crippen LogP contribution in [-0.4, -0.2) is 34.3 Å². The molecule has 1 aromatic carbocycles. The molecule has 3 N–H and O–H groups in total. The summed E-state index contributed by atoms with van der Waals surface area (Å²) in [5.41, 5.74) is 1.18. The molecule has 1 unspecified atom stereocenters. The second kappa shape index (κ2) is 8.21. The summed E-state index contributed by atoms with van der Waals surface area (Å²) >= 11 is 0. The maximum absolute atomic E-state index is 9.54. The van der Waals surface area contributed by atoms with Gasteiger partial charge in [-0.3, -0.25) is 0 Å². The zero-order valence-corrected chi connectivity index (χ0v) is 12.3. The molecule has 0 saturated heterocycles. The predicted molar refractivity (Wildman–Crippen MR) is 85.5 cm³/mol. The molecule has 1 atom stereocenters. The highest BCUT2D eigenvalue weighted by molar-refractivity contribution is 5.47. The third-order valence-corrected chi connectivity index (χ3v) is 3.12. The third kappa shape index (κ3) is 5.04. The summed E-state index contributed by atoms with van der Waals surface area (Å²) in [4.78, 5) is 8.37. The van der Waals surface area contributed by atoms with E-state index >= 15 is 0 Å².